The lowest BCUT2D eigenvalue weighted by Gasteiger charge is -2.21. The number of methoxy groups -OCH3 is 1. The standard InChI is InChI=1S/C14H21N3O3.ClH/c1-10-5-12(7-15)9-16(10)8-11-3-4-14(20-2)13(6-11)17(18)19;/h3-4,6,10,12H,5,7-9,15H2,1-2H3;1H. The molecule has 1 aromatic carbocycles. The van der Waals surface area contributed by atoms with Gasteiger partial charge in [0.15, 0.2) is 5.75 Å². The van der Waals surface area contributed by atoms with Crippen molar-refractivity contribution in [1.82, 2.24) is 4.90 Å². The Labute approximate surface area is 130 Å². The molecule has 1 aliphatic heterocycles. The molecule has 6 nitrogen and oxygen atoms in total. The van der Waals surface area contributed by atoms with Crippen LogP contribution in [0.3, 0.4) is 0 Å². The van der Waals surface area contributed by atoms with Crippen molar-refractivity contribution in [2.24, 2.45) is 11.7 Å². The van der Waals surface area contributed by atoms with E-state index in [-0.39, 0.29) is 18.1 Å². The van der Waals surface area contributed by atoms with Crippen molar-refractivity contribution in [2.75, 3.05) is 20.2 Å². The monoisotopic (exact) mass is 315 g/mol. The number of rotatable bonds is 5. The van der Waals surface area contributed by atoms with E-state index in [1.54, 1.807) is 12.1 Å². The minimum Gasteiger partial charge on any atom is -0.490 e. The molecular weight excluding hydrogens is 294 g/mol. The molecule has 0 spiro atoms. The SMILES string of the molecule is COc1ccc(CN2CC(CN)CC2C)cc1[N+](=O)[O-].Cl. The number of nitro groups is 1. The first-order valence-electron chi connectivity index (χ1n) is 6.80. The highest BCUT2D eigenvalue weighted by molar-refractivity contribution is 5.85. The van der Waals surface area contributed by atoms with Crippen molar-refractivity contribution in [3.8, 4) is 5.75 Å². The molecule has 7 heteroatoms. The largest absolute Gasteiger partial charge is 0.490 e. The number of nitrogens with zero attached hydrogens (tertiary/aromatic N) is 2. The minimum atomic E-state index is -0.404. The van der Waals surface area contributed by atoms with Crippen molar-refractivity contribution < 1.29 is 9.66 Å². The Hall–Kier alpha value is -1.37. The quantitative estimate of drug-likeness (QED) is 0.665. The van der Waals surface area contributed by atoms with Crippen LogP contribution in [0.2, 0.25) is 0 Å². The van der Waals surface area contributed by atoms with E-state index in [2.05, 4.69) is 11.8 Å². The van der Waals surface area contributed by atoms with E-state index in [4.69, 9.17) is 10.5 Å². The molecule has 0 amide bonds. The highest BCUT2D eigenvalue weighted by Crippen LogP contribution is 2.30. The third-order valence-corrected chi connectivity index (χ3v) is 3.95. The predicted molar refractivity (Wildman–Crippen MR) is 83.9 cm³/mol. The van der Waals surface area contributed by atoms with E-state index in [9.17, 15) is 10.1 Å². The second kappa shape index (κ2) is 7.59. The fourth-order valence-corrected chi connectivity index (χ4v) is 2.82. The molecule has 1 aliphatic rings. The van der Waals surface area contributed by atoms with Gasteiger partial charge >= 0.3 is 5.69 Å². The summed E-state index contributed by atoms with van der Waals surface area (Å²) in [4.78, 5) is 12.9. The molecule has 1 saturated heterocycles. The first-order chi connectivity index (χ1) is 9.55. The third kappa shape index (κ3) is 4.06. The molecule has 1 heterocycles. The lowest BCUT2D eigenvalue weighted by atomic mass is 10.1. The number of benzene rings is 1. The smallest absolute Gasteiger partial charge is 0.311 e. The molecule has 21 heavy (non-hydrogen) atoms. The number of hydrogen-bond acceptors (Lipinski definition) is 5. The van der Waals surface area contributed by atoms with Gasteiger partial charge in [-0.2, -0.15) is 0 Å². The Bertz CT molecular complexity index is 498. The highest BCUT2D eigenvalue weighted by atomic mass is 35.5. The van der Waals surface area contributed by atoms with Crippen LogP contribution in [0, 0.1) is 16.0 Å². The molecule has 118 valence electrons. The fraction of sp³-hybridized carbons (Fsp3) is 0.571. The summed E-state index contributed by atoms with van der Waals surface area (Å²) >= 11 is 0. The zero-order valence-electron chi connectivity index (χ0n) is 12.3. The Balaban J connectivity index is 0.00000220. The molecule has 0 radical (unpaired) electrons. The fourth-order valence-electron chi connectivity index (χ4n) is 2.82. The summed E-state index contributed by atoms with van der Waals surface area (Å²) in [6, 6.07) is 5.61. The Morgan fingerprint density at radius 1 is 1.52 bits per heavy atom. The Kier molecular flexibility index (Phi) is 6.39. The van der Waals surface area contributed by atoms with Gasteiger partial charge < -0.3 is 10.5 Å². The van der Waals surface area contributed by atoms with Crippen LogP contribution < -0.4 is 10.5 Å². The average molecular weight is 316 g/mol. The second-order valence-electron chi connectivity index (χ2n) is 5.38. The molecule has 2 unspecified atom stereocenters. The topological polar surface area (TPSA) is 81.6 Å². The lowest BCUT2D eigenvalue weighted by molar-refractivity contribution is -0.385. The summed E-state index contributed by atoms with van der Waals surface area (Å²) in [5.41, 5.74) is 6.67. The zero-order chi connectivity index (χ0) is 14.7. The molecule has 0 aromatic heterocycles. The van der Waals surface area contributed by atoms with Crippen molar-refractivity contribution in [3.05, 3.63) is 33.9 Å². The number of nitro benzene ring substituents is 1. The van der Waals surface area contributed by atoms with Crippen LogP contribution >= 0.6 is 12.4 Å². The average Bonchev–Trinajstić information content (AvgIpc) is 2.79. The molecule has 2 atom stereocenters. The first-order valence-corrected chi connectivity index (χ1v) is 6.80. The van der Waals surface area contributed by atoms with Crippen molar-refractivity contribution in [2.45, 2.75) is 25.9 Å². The summed E-state index contributed by atoms with van der Waals surface area (Å²) in [6.45, 7) is 4.54. The van der Waals surface area contributed by atoms with Gasteiger partial charge in [0.05, 0.1) is 12.0 Å². The molecule has 1 fully saturated rings. The van der Waals surface area contributed by atoms with Crippen molar-refractivity contribution >= 4 is 18.1 Å². The van der Waals surface area contributed by atoms with Crippen LogP contribution in [0.25, 0.3) is 0 Å². The highest BCUT2D eigenvalue weighted by Gasteiger charge is 2.28. The van der Waals surface area contributed by atoms with E-state index < -0.39 is 4.92 Å². The van der Waals surface area contributed by atoms with Crippen LogP contribution in [0.5, 0.6) is 5.75 Å². The van der Waals surface area contributed by atoms with Gasteiger partial charge in [0.2, 0.25) is 0 Å². The summed E-state index contributed by atoms with van der Waals surface area (Å²) in [7, 11) is 1.44. The molecule has 2 N–H and O–H groups in total. The summed E-state index contributed by atoms with van der Waals surface area (Å²) in [5.74, 6) is 0.825. The molecular formula is C14H22ClN3O3. The normalized spacial score (nSPS) is 21.9. The second-order valence-corrected chi connectivity index (χ2v) is 5.38. The van der Waals surface area contributed by atoms with Gasteiger partial charge in [-0.25, -0.2) is 0 Å². The summed E-state index contributed by atoms with van der Waals surface area (Å²) < 4.78 is 5.02. The lowest BCUT2D eigenvalue weighted by Crippen LogP contribution is -2.27. The molecule has 0 saturated carbocycles. The van der Waals surface area contributed by atoms with E-state index in [1.165, 1.54) is 7.11 Å². The van der Waals surface area contributed by atoms with Crippen LogP contribution in [0.1, 0.15) is 18.9 Å². The van der Waals surface area contributed by atoms with Gasteiger partial charge in [0.1, 0.15) is 0 Å². The van der Waals surface area contributed by atoms with Gasteiger partial charge in [0, 0.05) is 25.2 Å². The van der Waals surface area contributed by atoms with Gasteiger partial charge in [-0.15, -0.1) is 12.4 Å². The number of likely N-dealkylation sites (tertiary alicyclic amines) is 1. The van der Waals surface area contributed by atoms with Gasteiger partial charge in [-0.05, 0) is 37.4 Å². The van der Waals surface area contributed by atoms with Crippen LogP contribution in [0.15, 0.2) is 18.2 Å². The van der Waals surface area contributed by atoms with Crippen LogP contribution in [-0.2, 0) is 6.54 Å². The van der Waals surface area contributed by atoms with E-state index >= 15 is 0 Å². The number of hydrogen-bond donors (Lipinski definition) is 1. The molecule has 0 bridgehead atoms. The zero-order valence-corrected chi connectivity index (χ0v) is 13.1. The molecule has 1 aromatic rings. The minimum absolute atomic E-state index is 0. The number of nitrogens with two attached hydrogens (primary N) is 1. The first kappa shape index (κ1) is 17.7. The molecule has 0 aliphatic carbocycles. The van der Waals surface area contributed by atoms with Crippen LogP contribution in [-0.4, -0.2) is 36.1 Å². The molecule has 2 rings (SSSR count). The summed E-state index contributed by atoms with van der Waals surface area (Å²) in [6.07, 6.45) is 1.09. The van der Waals surface area contributed by atoms with Gasteiger partial charge in [-0.1, -0.05) is 6.07 Å². The Morgan fingerprint density at radius 3 is 2.76 bits per heavy atom. The van der Waals surface area contributed by atoms with E-state index in [1.807, 2.05) is 6.07 Å². The predicted octanol–water partition coefficient (Wildman–Crippen LogP) is 2.19. The van der Waals surface area contributed by atoms with Gasteiger partial charge in [0.25, 0.3) is 0 Å². The summed E-state index contributed by atoms with van der Waals surface area (Å²) in [5, 5.41) is 11.0. The van der Waals surface area contributed by atoms with Gasteiger partial charge in [-0.3, -0.25) is 15.0 Å². The number of ether oxygens (including phenoxy) is 1. The van der Waals surface area contributed by atoms with E-state index in [0.717, 1.165) is 18.5 Å². The van der Waals surface area contributed by atoms with Crippen molar-refractivity contribution in [1.29, 1.82) is 0 Å². The van der Waals surface area contributed by atoms with E-state index in [0.29, 0.717) is 30.8 Å². The number of halogens is 1. The maximum Gasteiger partial charge on any atom is 0.311 e. The van der Waals surface area contributed by atoms with Crippen molar-refractivity contribution in [3.63, 3.8) is 0 Å². The van der Waals surface area contributed by atoms with Crippen LogP contribution in [0.4, 0.5) is 5.69 Å². The maximum atomic E-state index is 11.0. The third-order valence-electron chi connectivity index (χ3n) is 3.95. The Morgan fingerprint density at radius 2 is 2.24 bits per heavy atom. The maximum absolute atomic E-state index is 11.0.